The van der Waals surface area contributed by atoms with Crippen molar-refractivity contribution in [1.29, 1.82) is 5.26 Å². The molecular formula is C11H11N3O. The highest BCUT2D eigenvalue weighted by Crippen LogP contribution is 2.20. The van der Waals surface area contributed by atoms with Crippen LogP contribution in [0.2, 0.25) is 0 Å². The first-order valence-electron chi connectivity index (χ1n) is 4.91. The fourth-order valence-electron chi connectivity index (χ4n) is 1.70. The summed E-state index contributed by atoms with van der Waals surface area (Å²) < 4.78 is 0. The number of hydrogen-bond acceptors (Lipinski definition) is 4. The maximum absolute atomic E-state index is 11.3. The zero-order chi connectivity index (χ0) is 10.7. The summed E-state index contributed by atoms with van der Waals surface area (Å²) in [6.07, 6.45) is 2.79. The average Bonchev–Trinajstić information content (AvgIpc) is 2.29. The van der Waals surface area contributed by atoms with Gasteiger partial charge in [0.25, 0.3) is 0 Å². The number of nitriles is 1. The van der Waals surface area contributed by atoms with Crippen molar-refractivity contribution in [2.24, 2.45) is 0 Å². The van der Waals surface area contributed by atoms with Crippen LogP contribution in [0, 0.1) is 11.3 Å². The quantitative estimate of drug-likeness (QED) is 0.734. The first-order chi connectivity index (χ1) is 7.29. The van der Waals surface area contributed by atoms with Crippen molar-refractivity contribution in [2.75, 3.05) is 6.54 Å². The number of hydrogen-bond donors (Lipinski definition) is 1. The lowest BCUT2D eigenvalue weighted by atomic mass is 9.98. The topological polar surface area (TPSA) is 65.8 Å². The van der Waals surface area contributed by atoms with E-state index in [1.807, 2.05) is 12.1 Å². The van der Waals surface area contributed by atoms with E-state index in [1.54, 1.807) is 12.3 Å². The molecule has 1 aliphatic rings. The first kappa shape index (κ1) is 9.81. The summed E-state index contributed by atoms with van der Waals surface area (Å²) in [7, 11) is 0. The van der Waals surface area contributed by atoms with Gasteiger partial charge in [-0.1, -0.05) is 6.07 Å². The van der Waals surface area contributed by atoms with Gasteiger partial charge in [-0.15, -0.1) is 0 Å². The maximum atomic E-state index is 11.3. The minimum atomic E-state index is 0.0616. The average molecular weight is 201 g/mol. The largest absolute Gasteiger partial charge is 0.309 e. The van der Waals surface area contributed by atoms with Crippen LogP contribution < -0.4 is 5.32 Å². The Hall–Kier alpha value is -1.73. The van der Waals surface area contributed by atoms with Gasteiger partial charge in [0.15, 0.2) is 0 Å². The summed E-state index contributed by atoms with van der Waals surface area (Å²) in [6.45, 7) is 0.726. The third kappa shape index (κ3) is 2.20. The first-order valence-corrected chi connectivity index (χ1v) is 4.91. The zero-order valence-electron chi connectivity index (χ0n) is 8.23. The number of carbonyl (C=O) groups excluding carboxylic acids is 1. The maximum Gasteiger partial charge on any atom is 0.140 e. The Morgan fingerprint density at radius 3 is 3.00 bits per heavy atom. The fraction of sp³-hybridized carbons (Fsp3) is 0.364. The van der Waals surface area contributed by atoms with Crippen molar-refractivity contribution in [2.45, 2.75) is 18.9 Å². The van der Waals surface area contributed by atoms with Crippen LogP contribution >= 0.6 is 0 Å². The molecule has 4 heteroatoms. The Kier molecular flexibility index (Phi) is 2.75. The third-order valence-corrected chi connectivity index (χ3v) is 2.53. The Morgan fingerprint density at radius 2 is 2.40 bits per heavy atom. The van der Waals surface area contributed by atoms with Crippen LogP contribution in [0.5, 0.6) is 0 Å². The molecule has 0 aromatic carbocycles. The molecule has 0 spiro atoms. The van der Waals surface area contributed by atoms with Crippen LogP contribution in [-0.2, 0) is 4.79 Å². The summed E-state index contributed by atoms with van der Waals surface area (Å²) in [5, 5.41) is 11.9. The van der Waals surface area contributed by atoms with Gasteiger partial charge in [-0.2, -0.15) is 5.26 Å². The highest BCUT2D eigenvalue weighted by atomic mass is 16.1. The van der Waals surface area contributed by atoms with E-state index in [2.05, 4.69) is 10.3 Å². The minimum absolute atomic E-state index is 0.0616. The molecule has 0 amide bonds. The molecular weight excluding hydrogens is 190 g/mol. The van der Waals surface area contributed by atoms with Crippen LogP contribution in [0.15, 0.2) is 18.3 Å². The normalized spacial score (nSPS) is 21.0. The fourth-order valence-corrected chi connectivity index (χ4v) is 1.70. The molecule has 0 bridgehead atoms. The molecule has 76 valence electrons. The summed E-state index contributed by atoms with van der Waals surface area (Å²) >= 11 is 0. The Morgan fingerprint density at radius 1 is 1.53 bits per heavy atom. The van der Waals surface area contributed by atoms with Gasteiger partial charge in [-0.3, -0.25) is 4.79 Å². The molecule has 15 heavy (non-hydrogen) atoms. The number of Topliss-reactive ketones (excluding diaryl/α,β-unsaturated/α-hetero) is 1. The van der Waals surface area contributed by atoms with Gasteiger partial charge in [-0.25, -0.2) is 4.98 Å². The van der Waals surface area contributed by atoms with Crippen molar-refractivity contribution in [3.8, 4) is 6.07 Å². The van der Waals surface area contributed by atoms with E-state index in [1.165, 1.54) is 0 Å². The Bertz CT molecular complexity index is 405. The van der Waals surface area contributed by atoms with Gasteiger partial charge in [0, 0.05) is 31.6 Å². The molecule has 1 saturated heterocycles. The Labute approximate surface area is 87.9 Å². The van der Waals surface area contributed by atoms with Crippen LogP contribution in [0.4, 0.5) is 0 Å². The van der Waals surface area contributed by atoms with Crippen molar-refractivity contribution in [3.63, 3.8) is 0 Å². The number of carbonyl (C=O) groups is 1. The van der Waals surface area contributed by atoms with Crippen molar-refractivity contribution < 1.29 is 4.79 Å². The van der Waals surface area contributed by atoms with E-state index in [4.69, 9.17) is 5.26 Å². The lowest BCUT2D eigenvalue weighted by Crippen LogP contribution is -2.31. The molecule has 0 aliphatic carbocycles. The summed E-state index contributed by atoms with van der Waals surface area (Å²) in [5.41, 5.74) is 1.38. The van der Waals surface area contributed by atoms with Gasteiger partial charge in [0.2, 0.25) is 0 Å². The van der Waals surface area contributed by atoms with E-state index >= 15 is 0 Å². The molecule has 1 aromatic heterocycles. The van der Waals surface area contributed by atoms with Crippen molar-refractivity contribution >= 4 is 5.78 Å². The van der Waals surface area contributed by atoms with Gasteiger partial charge >= 0.3 is 0 Å². The number of nitrogens with zero attached hydrogens (tertiary/aromatic N) is 2. The molecule has 1 fully saturated rings. The van der Waals surface area contributed by atoms with E-state index in [0.717, 1.165) is 12.1 Å². The molecule has 1 aromatic rings. The van der Waals surface area contributed by atoms with Gasteiger partial charge in [-0.05, 0) is 11.6 Å². The predicted octanol–water partition coefficient (Wildman–Crippen LogP) is 0.947. The summed E-state index contributed by atoms with van der Waals surface area (Å²) in [6, 6.07) is 5.55. The van der Waals surface area contributed by atoms with E-state index in [9.17, 15) is 4.79 Å². The highest BCUT2D eigenvalue weighted by molar-refractivity contribution is 5.80. The van der Waals surface area contributed by atoms with Gasteiger partial charge in [0.1, 0.15) is 17.5 Å². The number of aromatic nitrogens is 1. The van der Waals surface area contributed by atoms with Crippen LogP contribution in [-0.4, -0.2) is 17.3 Å². The van der Waals surface area contributed by atoms with Crippen molar-refractivity contribution in [1.82, 2.24) is 10.3 Å². The lowest BCUT2D eigenvalue weighted by Gasteiger charge is -2.22. The standard InChI is InChI=1S/C11H11N3O/c12-6-9-2-1-8(7-14-9)11-5-10(15)3-4-13-11/h1-2,7,11,13H,3-5H2. The van der Waals surface area contributed by atoms with Crippen LogP contribution in [0.3, 0.4) is 0 Å². The van der Waals surface area contributed by atoms with Crippen LogP contribution in [0.1, 0.15) is 30.1 Å². The summed E-state index contributed by atoms with van der Waals surface area (Å²) in [5.74, 6) is 0.281. The molecule has 1 aliphatic heterocycles. The second-order valence-corrected chi connectivity index (χ2v) is 3.59. The van der Waals surface area contributed by atoms with Gasteiger partial charge in [0.05, 0.1) is 0 Å². The molecule has 4 nitrogen and oxygen atoms in total. The molecule has 1 N–H and O–H groups in total. The number of ketones is 1. The third-order valence-electron chi connectivity index (χ3n) is 2.53. The second kappa shape index (κ2) is 4.20. The van der Waals surface area contributed by atoms with Crippen molar-refractivity contribution in [3.05, 3.63) is 29.6 Å². The molecule has 2 rings (SSSR count). The molecule has 0 saturated carbocycles. The number of nitrogens with one attached hydrogen (secondary N) is 1. The predicted molar refractivity (Wildman–Crippen MR) is 53.9 cm³/mol. The summed E-state index contributed by atoms with van der Waals surface area (Å²) in [4.78, 5) is 15.2. The molecule has 1 unspecified atom stereocenters. The number of rotatable bonds is 1. The van der Waals surface area contributed by atoms with E-state index in [0.29, 0.717) is 18.5 Å². The van der Waals surface area contributed by atoms with E-state index in [-0.39, 0.29) is 11.8 Å². The SMILES string of the molecule is N#Cc1ccc(C2CC(=O)CCN2)cn1. The molecule has 0 radical (unpaired) electrons. The molecule has 1 atom stereocenters. The number of piperidine rings is 1. The highest BCUT2D eigenvalue weighted by Gasteiger charge is 2.20. The van der Waals surface area contributed by atoms with Crippen LogP contribution in [0.25, 0.3) is 0 Å². The molecule has 2 heterocycles. The number of pyridine rings is 1. The second-order valence-electron chi connectivity index (χ2n) is 3.59. The minimum Gasteiger partial charge on any atom is -0.309 e. The smallest absolute Gasteiger partial charge is 0.140 e. The van der Waals surface area contributed by atoms with E-state index < -0.39 is 0 Å². The van der Waals surface area contributed by atoms with Gasteiger partial charge < -0.3 is 5.32 Å². The Balaban J connectivity index is 2.15. The lowest BCUT2D eigenvalue weighted by molar-refractivity contribution is -0.120. The monoisotopic (exact) mass is 201 g/mol. The zero-order valence-corrected chi connectivity index (χ0v) is 8.23.